The number of methoxy groups -OCH3 is 2. The van der Waals surface area contributed by atoms with E-state index in [4.69, 9.17) is 15.2 Å². The third-order valence-electron chi connectivity index (χ3n) is 3.78. The Hall–Kier alpha value is -3.03. The number of anilines is 2. The second kappa shape index (κ2) is 5.64. The molecule has 23 heavy (non-hydrogen) atoms. The van der Waals surface area contributed by atoms with Gasteiger partial charge in [0.05, 0.1) is 19.8 Å². The number of benzene rings is 1. The Labute approximate surface area is 131 Å². The number of nitrogens with two attached hydrogens (primary N) is 1. The van der Waals surface area contributed by atoms with E-state index in [0.717, 1.165) is 0 Å². The molecule has 0 radical (unpaired) electrons. The van der Waals surface area contributed by atoms with Crippen molar-refractivity contribution in [2.75, 3.05) is 25.3 Å². The zero-order valence-corrected chi connectivity index (χ0v) is 12.7. The van der Waals surface area contributed by atoms with Crippen LogP contribution in [0.5, 0.6) is 11.5 Å². The van der Waals surface area contributed by atoms with Crippen molar-refractivity contribution in [3.05, 3.63) is 39.7 Å². The number of hydrogen-bond donors (Lipinski definition) is 3. The van der Waals surface area contributed by atoms with Gasteiger partial charge in [-0.15, -0.1) is 0 Å². The molecule has 1 amide bonds. The molecule has 8 nitrogen and oxygen atoms in total. The van der Waals surface area contributed by atoms with Gasteiger partial charge >= 0.3 is 0 Å². The average Bonchev–Trinajstić information content (AvgIpc) is 2.52. The number of fused-ring (bicyclic) bond motifs is 1. The maximum absolute atomic E-state index is 12.3. The summed E-state index contributed by atoms with van der Waals surface area (Å²) in [5, 5.41) is 2.59. The van der Waals surface area contributed by atoms with E-state index in [1.807, 2.05) is 0 Å². The highest BCUT2D eigenvalue weighted by Gasteiger charge is 2.33. The molecule has 0 aliphatic carbocycles. The van der Waals surface area contributed by atoms with E-state index in [-0.39, 0.29) is 29.7 Å². The molecule has 0 unspecified atom stereocenters. The Bertz CT molecular complexity index is 831. The number of aromatic nitrogens is 2. The third-order valence-corrected chi connectivity index (χ3v) is 3.78. The quantitative estimate of drug-likeness (QED) is 0.772. The lowest BCUT2D eigenvalue weighted by Gasteiger charge is -2.26. The van der Waals surface area contributed by atoms with Crippen LogP contribution >= 0.6 is 0 Å². The summed E-state index contributed by atoms with van der Waals surface area (Å²) in [4.78, 5) is 30.8. The topological polar surface area (TPSA) is 119 Å². The first-order chi connectivity index (χ1) is 11.0. The van der Waals surface area contributed by atoms with E-state index < -0.39 is 5.92 Å². The molecule has 0 spiro atoms. The molecule has 120 valence electrons. The van der Waals surface area contributed by atoms with Gasteiger partial charge in [0.15, 0.2) is 11.5 Å². The van der Waals surface area contributed by atoms with Crippen molar-refractivity contribution in [1.29, 1.82) is 0 Å². The van der Waals surface area contributed by atoms with Crippen molar-refractivity contribution in [2.24, 2.45) is 0 Å². The number of nitrogen functional groups attached to an aromatic ring is 1. The van der Waals surface area contributed by atoms with Crippen molar-refractivity contribution in [3.63, 3.8) is 0 Å². The first-order valence-electron chi connectivity index (χ1n) is 6.95. The number of nitrogens with one attached hydrogen (secondary N) is 2. The lowest BCUT2D eigenvalue weighted by Crippen LogP contribution is -2.31. The standard InChI is InChI=1S/C15H16N4O4/c1-22-9-5-3-4-7(12(9)23-2)8-6-10(20)17-13-11(8)14(21)19-15(16)18-13/h3-5,8H,6H2,1-2H3,(H4,16,17,18,19,20,21)/t8-/m1/s1. The van der Waals surface area contributed by atoms with Crippen molar-refractivity contribution in [2.45, 2.75) is 12.3 Å². The number of hydrogen-bond acceptors (Lipinski definition) is 6. The van der Waals surface area contributed by atoms with Crippen LogP contribution in [0, 0.1) is 0 Å². The fourth-order valence-corrected chi connectivity index (χ4v) is 2.84. The van der Waals surface area contributed by atoms with Crippen molar-refractivity contribution in [3.8, 4) is 11.5 Å². The van der Waals surface area contributed by atoms with Crippen LogP contribution in [0.25, 0.3) is 0 Å². The second-order valence-electron chi connectivity index (χ2n) is 5.10. The second-order valence-corrected chi connectivity index (χ2v) is 5.10. The van der Waals surface area contributed by atoms with Gasteiger partial charge in [-0.1, -0.05) is 12.1 Å². The summed E-state index contributed by atoms with van der Waals surface area (Å²) in [7, 11) is 3.04. The number of para-hydroxylation sites is 1. The molecule has 8 heteroatoms. The Kier molecular flexibility index (Phi) is 3.65. The number of nitrogens with zero attached hydrogens (tertiary/aromatic N) is 1. The van der Waals surface area contributed by atoms with Crippen LogP contribution in [0.15, 0.2) is 23.0 Å². The van der Waals surface area contributed by atoms with Crippen LogP contribution in [0.4, 0.5) is 11.8 Å². The molecule has 3 rings (SSSR count). The minimum atomic E-state index is -0.499. The predicted octanol–water partition coefficient (Wildman–Crippen LogP) is 0.843. The van der Waals surface area contributed by atoms with E-state index in [1.54, 1.807) is 18.2 Å². The van der Waals surface area contributed by atoms with E-state index >= 15 is 0 Å². The Morgan fingerprint density at radius 3 is 2.74 bits per heavy atom. The zero-order chi connectivity index (χ0) is 16.6. The first kappa shape index (κ1) is 14.9. The summed E-state index contributed by atoms with van der Waals surface area (Å²) in [6.45, 7) is 0. The average molecular weight is 316 g/mol. The molecule has 0 bridgehead atoms. The lowest BCUT2D eigenvalue weighted by atomic mass is 9.86. The highest BCUT2D eigenvalue weighted by atomic mass is 16.5. The SMILES string of the molecule is COc1cccc([C@H]2CC(=O)Nc3nc(N)[nH]c(=O)c32)c1OC. The molecule has 1 aromatic carbocycles. The Morgan fingerprint density at radius 2 is 2.04 bits per heavy atom. The van der Waals surface area contributed by atoms with Gasteiger partial charge in [-0.05, 0) is 6.07 Å². The summed E-state index contributed by atoms with van der Waals surface area (Å²) >= 11 is 0. The van der Waals surface area contributed by atoms with E-state index in [0.29, 0.717) is 22.6 Å². The van der Waals surface area contributed by atoms with Gasteiger partial charge in [0.1, 0.15) is 5.82 Å². The summed E-state index contributed by atoms with van der Waals surface area (Å²) in [5.74, 6) is 0.393. The van der Waals surface area contributed by atoms with Gasteiger partial charge in [0.25, 0.3) is 5.56 Å². The van der Waals surface area contributed by atoms with Gasteiger partial charge in [0.2, 0.25) is 11.9 Å². The maximum Gasteiger partial charge on any atom is 0.258 e. The Balaban J connectivity index is 2.23. The Morgan fingerprint density at radius 1 is 1.26 bits per heavy atom. The molecule has 1 atom stereocenters. The monoisotopic (exact) mass is 316 g/mol. The largest absolute Gasteiger partial charge is 0.493 e. The first-order valence-corrected chi connectivity index (χ1v) is 6.95. The van der Waals surface area contributed by atoms with Crippen molar-refractivity contribution < 1.29 is 14.3 Å². The van der Waals surface area contributed by atoms with Crippen LogP contribution in [0.3, 0.4) is 0 Å². The number of rotatable bonds is 3. The number of aromatic amines is 1. The minimum Gasteiger partial charge on any atom is -0.493 e. The van der Waals surface area contributed by atoms with Crippen LogP contribution in [0.2, 0.25) is 0 Å². The highest BCUT2D eigenvalue weighted by Crippen LogP contribution is 2.42. The van der Waals surface area contributed by atoms with Gasteiger partial charge in [0, 0.05) is 17.9 Å². The van der Waals surface area contributed by atoms with Crippen molar-refractivity contribution in [1.82, 2.24) is 9.97 Å². The predicted molar refractivity (Wildman–Crippen MR) is 83.9 cm³/mol. The molecule has 1 aliphatic rings. The number of H-pyrrole nitrogens is 1. The smallest absolute Gasteiger partial charge is 0.258 e. The summed E-state index contributed by atoms with van der Waals surface area (Å²) < 4.78 is 10.7. The number of carbonyl (C=O) groups is 1. The van der Waals surface area contributed by atoms with Gasteiger partial charge < -0.3 is 20.5 Å². The molecular weight excluding hydrogens is 300 g/mol. The van der Waals surface area contributed by atoms with E-state index in [1.165, 1.54) is 14.2 Å². The molecule has 0 saturated heterocycles. The summed E-state index contributed by atoms with van der Waals surface area (Å²) in [5.41, 5.74) is 6.20. The summed E-state index contributed by atoms with van der Waals surface area (Å²) in [6, 6.07) is 5.32. The zero-order valence-electron chi connectivity index (χ0n) is 12.7. The minimum absolute atomic E-state index is 0.0488. The van der Waals surface area contributed by atoms with E-state index in [2.05, 4.69) is 15.3 Å². The van der Waals surface area contributed by atoms with Gasteiger partial charge in [-0.2, -0.15) is 4.98 Å². The lowest BCUT2D eigenvalue weighted by molar-refractivity contribution is -0.116. The van der Waals surface area contributed by atoms with E-state index in [9.17, 15) is 9.59 Å². The number of ether oxygens (including phenoxy) is 2. The number of carbonyl (C=O) groups excluding carboxylic acids is 1. The van der Waals surface area contributed by atoms with Crippen LogP contribution < -0.4 is 26.1 Å². The number of amides is 1. The van der Waals surface area contributed by atoms with Gasteiger partial charge in [-0.25, -0.2) is 0 Å². The fourth-order valence-electron chi connectivity index (χ4n) is 2.84. The maximum atomic E-state index is 12.3. The van der Waals surface area contributed by atoms with Gasteiger partial charge in [-0.3, -0.25) is 14.6 Å². The van der Waals surface area contributed by atoms with Crippen molar-refractivity contribution >= 4 is 17.7 Å². The fraction of sp³-hybridized carbons (Fsp3) is 0.267. The molecule has 2 heterocycles. The third kappa shape index (κ3) is 2.48. The summed E-state index contributed by atoms with van der Waals surface area (Å²) in [6.07, 6.45) is 0.102. The molecule has 2 aromatic rings. The van der Waals surface area contributed by atoms with Crippen LogP contribution in [0.1, 0.15) is 23.5 Å². The molecule has 1 aliphatic heterocycles. The van der Waals surface area contributed by atoms with Crippen LogP contribution in [-0.4, -0.2) is 30.1 Å². The molecule has 0 saturated carbocycles. The highest BCUT2D eigenvalue weighted by molar-refractivity contribution is 5.94. The molecular formula is C15H16N4O4. The molecule has 0 fully saturated rings. The molecule has 4 N–H and O–H groups in total. The normalized spacial score (nSPS) is 16.4. The molecule has 1 aromatic heterocycles. The van der Waals surface area contributed by atoms with Crippen LogP contribution in [-0.2, 0) is 4.79 Å².